The predicted molar refractivity (Wildman–Crippen MR) is 130 cm³/mol. The highest BCUT2D eigenvalue weighted by molar-refractivity contribution is 7.80. The molecule has 0 saturated heterocycles. The molecule has 162 valence electrons. The van der Waals surface area contributed by atoms with Crippen LogP contribution in [0.15, 0.2) is 65.1 Å². The number of aromatic nitrogens is 1. The lowest BCUT2D eigenvalue weighted by molar-refractivity contribution is -0.121. The van der Waals surface area contributed by atoms with E-state index in [-0.39, 0.29) is 17.6 Å². The second-order valence-corrected chi connectivity index (χ2v) is 7.93. The van der Waals surface area contributed by atoms with E-state index < -0.39 is 0 Å². The molecule has 2 N–H and O–H groups in total. The Morgan fingerprint density at radius 1 is 1.06 bits per heavy atom. The molecule has 0 radical (unpaired) electrons. The van der Waals surface area contributed by atoms with Crippen LogP contribution in [-0.2, 0) is 4.79 Å². The van der Waals surface area contributed by atoms with Crippen LogP contribution >= 0.6 is 12.2 Å². The molecular weight excluding hydrogens is 422 g/mol. The van der Waals surface area contributed by atoms with Crippen LogP contribution in [-0.4, -0.2) is 22.6 Å². The molecule has 7 heteroatoms. The molecule has 0 bridgehead atoms. The summed E-state index contributed by atoms with van der Waals surface area (Å²) < 4.78 is 11.5. The molecule has 0 fully saturated rings. The molecule has 0 aliphatic carbocycles. The molecule has 0 aliphatic rings. The SMILES string of the molecule is Cc1ccc(OCC(=O)NC(=S)Nc2cccc(-c3nc4ccccc4o3)c2C)c(C)c1. The van der Waals surface area contributed by atoms with Crippen molar-refractivity contribution in [2.75, 3.05) is 11.9 Å². The number of rotatable bonds is 5. The Morgan fingerprint density at radius 2 is 1.88 bits per heavy atom. The average Bonchev–Trinajstić information content (AvgIpc) is 3.18. The minimum atomic E-state index is -0.338. The predicted octanol–water partition coefficient (Wildman–Crippen LogP) is 5.31. The molecule has 0 atom stereocenters. The van der Waals surface area contributed by atoms with Gasteiger partial charge in [0.2, 0.25) is 5.89 Å². The number of amides is 1. The topological polar surface area (TPSA) is 76.4 Å². The maximum absolute atomic E-state index is 12.3. The van der Waals surface area contributed by atoms with Crippen molar-refractivity contribution in [1.82, 2.24) is 10.3 Å². The Kier molecular flexibility index (Phi) is 6.18. The summed E-state index contributed by atoms with van der Waals surface area (Å²) in [6.07, 6.45) is 0. The van der Waals surface area contributed by atoms with Crippen molar-refractivity contribution in [3.63, 3.8) is 0 Å². The van der Waals surface area contributed by atoms with Crippen LogP contribution in [0.25, 0.3) is 22.6 Å². The van der Waals surface area contributed by atoms with Gasteiger partial charge in [-0.25, -0.2) is 4.98 Å². The van der Waals surface area contributed by atoms with Gasteiger partial charge in [-0.3, -0.25) is 10.1 Å². The van der Waals surface area contributed by atoms with Crippen LogP contribution in [0.3, 0.4) is 0 Å². The van der Waals surface area contributed by atoms with Gasteiger partial charge in [0.25, 0.3) is 5.91 Å². The average molecular weight is 446 g/mol. The lowest BCUT2D eigenvalue weighted by atomic mass is 10.1. The number of carbonyl (C=O) groups is 1. The number of para-hydroxylation sites is 2. The van der Waals surface area contributed by atoms with Crippen LogP contribution in [0.4, 0.5) is 5.69 Å². The van der Waals surface area contributed by atoms with Crippen LogP contribution < -0.4 is 15.4 Å². The first kappa shape index (κ1) is 21.5. The van der Waals surface area contributed by atoms with Crippen LogP contribution in [0.5, 0.6) is 5.75 Å². The zero-order valence-electron chi connectivity index (χ0n) is 18.1. The van der Waals surface area contributed by atoms with Crippen LogP contribution in [0.2, 0.25) is 0 Å². The Balaban J connectivity index is 1.41. The standard InChI is InChI=1S/C25H23N3O3S/c1-15-11-12-21(16(2)13-15)30-14-23(29)28-25(32)27-19-9-6-7-18(17(19)3)24-26-20-8-4-5-10-22(20)31-24/h4-13H,14H2,1-3H3,(H2,27,28,29,32). The number of oxazole rings is 1. The van der Waals surface area contributed by atoms with E-state index in [1.165, 1.54) is 0 Å². The minimum Gasteiger partial charge on any atom is -0.483 e. The fraction of sp³-hybridized carbons (Fsp3) is 0.160. The Hall–Kier alpha value is -3.71. The summed E-state index contributed by atoms with van der Waals surface area (Å²) in [6, 6.07) is 19.1. The summed E-state index contributed by atoms with van der Waals surface area (Å²) in [5.41, 5.74) is 6.15. The molecule has 3 aromatic carbocycles. The number of aryl methyl sites for hydroxylation is 2. The third-order valence-electron chi connectivity index (χ3n) is 5.05. The van der Waals surface area contributed by atoms with Gasteiger partial charge in [0.05, 0.1) is 0 Å². The first-order valence-electron chi connectivity index (χ1n) is 10.2. The van der Waals surface area contributed by atoms with Gasteiger partial charge in [-0.2, -0.15) is 0 Å². The van der Waals surface area contributed by atoms with E-state index in [0.717, 1.165) is 39.0 Å². The highest BCUT2D eigenvalue weighted by Crippen LogP contribution is 2.30. The highest BCUT2D eigenvalue weighted by atomic mass is 32.1. The zero-order chi connectivity index (χ0) is 22.7. The molecule has 0 spiro atoms. The first-order chi connectivity index (χ1) is 15.4. The van der Waals surface area contributed by atoms with E-state index in [0.29, 0.717) is 11.6 Å². The van der Waals surface area contributed by atoms with E-state index in [1.54, 1.807) is 0 Å². The van der Waals surface area contributed by atoms with Gasteiger partial charge in [-0.05, 0) is 74.4 Å². The summed E-state index contributed by atoms with van der Waals surface area (Å²) >= 11 is 5.32. The summed E-state index contributed by atoms with van der Waals surface area (Å²) in [5, 5.41) is 5.92. The smallest absolute Gasteiger partial charge is 0.264 e. The summed E-state index contributed by atoms with van der Waals surface area (Å²) in [7, 11) is 0. The lowest BCUT2D eigenvalue weighted by Gasteiger charge is -2.14. The monoisotopic (exact) mass is 445 g/mol. The van der Waals surface area contributed by atoms with Crippen molar-refractivity contribution in [1.29, 1.82) is 0 Å². The first-order valence-corrected chi connectivity index (χ1v) is 10.6. The molecule has 1 aromatic heterocycles. The number of hydrogen-bond donors (Lipinski definition) is 2. The van der Waals surface area contributed by atoms with E-state index in [2.05, 4.69) is 15.6 Å². The van der Waals surface area contributed by atoms with Crippen molar-refractivity contribution in [3.05, 3.63) is 77.4 Å². The van der Waals surface area contributed by atoms with Crippen molar-refractivity contribution in [2.24, 2.45) is 0 Å². The van der Waals surface area contributed by atoms with Gasteiger partial charge in [0.1, 0.15) is 11.3 Å². The fourth-order valence-electron chi connectivity index (χ4n) is 3.41. The number of nitrogens with one attached hydrogen (secondary N) is 2. The molecule has 4 aromatic rings. The Morgan fingerprint density at radius 3 is 2.66 bits per heavy atom. The molecular formula is C25H23N3O3S. The van der Waals surface area contributed by atoms with Crippen LogP contribution in [0.1, 0.15) is 16.7 Å². The number of fused-ring (bicyclic) bond motifs is 1. The summed E-state index contributed by atoms with van der Waals surface area (Å²) in [4.78, 5) is 16.8. The fourth-order valence-corrected chi connectivity index (χ4v) is 3.63. The van der Waals surface area contributed by atoms with Gasteiger partial charge in [0, 0.05) is 11.3 Å². The van der Waals surface area contributed by atoms with Gasteiger partial charge in [-0.1, -0.05) is 35.9 Å². The van der Waals surface area contributed by atoms with Crippen molar-refractivity contribution >= 4 is 40.0 Å². The normalized spacial score (nSPS) is 10.7. The van der Waals surface area contributed by atoms with Crippen molar-refractivity contribution in [3.8, 4) is 17.2 Å². The highest BCUT2D eigenvalue weighted by Gasteiger charge is 2.14. The van der Waals surface area contributed by atoms with E-state index in [1.807, 2.05) is 81.4 Å². The summed E-state index contributed by atoms with van der Waals surface area (Å²) in [6.45, 7) is 5.77. The molecule has 4 rings (SSSR count). The number of nitrogens with zero attached hydrogens (tertiary/aromatic N) is 1. The third kappa shape index (κ3) is 4.78. The molecule has 32 heavy (non-hydrogen) atoms. The van der Waals surface area contributed by atoms with Gasteiger partial charge in [0.15, 0.2) is 17.3 Å². The lowest BCUT2D eigenvalue weighted by Crippen LogP contribution is -2.37. The second-order valence-electron chi connectivity index (χ2n) is 7.52. The maximum atomic E-state index is 12.3. The van der Waals surface area contributed by atoms with E-state index in [4.69, 9.17) is 21.4 Å². The quantitative estimate of drug-likeness (QED) is 0.405. The number of anilines is 1. The molecule has 1 amide bonds. The minimum absolute atomic E-state index is 0.131. The van der Waals surface area contributed by atoms with Crippen molar-refractivity contribution < 1.29 is 13.9 Å². The largest absolute Gasteiger partial charge is 0.483 e. The molecule has 1 heterocycles. The zero-order valence-corrected chi connectivity index (χ0v) is 18.9. The number of ether oxygens (including phenoxy) is 1. The number of thiocarbonyl (C=S) groups is 1. The summed E-state index contributed by atoms with van der Waals surface area (Å²) in [5.74, 6) is 0.867. The Labute approximate surface area is 191 Å². The number of hydrogen-bond acceptors (Lipinski definition) is 5. The van der Waals surface area contributed by atoms with Crippen LogP contribution in [0, 0.1) is 20.8 Å². The maximum Gasteiger partial charge on any atom is 0.264 e. The second kappa shape index (κ2) is 9.20. The van der Waals surface area contributed by atoms with Crippen molar-refractivity contribution in [2.45, 2.75) is 20.8 Å². The Bertz CT molecular complexity index is 1280. The number of benzene rings is 3. The molecule has 6 nitrogen and oxygen atoms in total. The van der Waals surface area contributed by atoms with Gasteiger partial charge in [-0.15, -0.1) is 0 Å². The third-order valence-corrected chi connectivity index (χ3v) is 5.25. The van der Waals surface area contributed by atoms with E-state index >= 15 is 0 Å². The van der Waals surface area contributed by atoms with E-state index in [9.17, 15) is 4.79 Å². The molecule has 0 aliphatic heterocycles. The van der Waals surface area contributed by atoms with Gasteiger partial charge >= 0.3 is 0 Å². The number of carbonyl (C=O) groups excluding carboxylic acids is 1. The molecule has 0 saturated carbocycles. The molecule has 0 unspecified atom stereocenters. The van der Waals surface area contributed by atoms with Gasteiger partial charge < -0.3 is 14.5 Å².